The van der Waals surface area contributed by atoms with E-state index in [-0.39, 0.29) is 29.3 Å². The van der Waals surface area contributed by atoms with Gasteiger partial charge in [0.2, 0.25) is 5.91 Å². The van der Waals surface area contributed by atoms with Gasteiger partial charge in [-0.25, -0.2) is 23.7 Å². The smallest absolute Gasteiger partial charge is 0.346 e. The normalized spacial score (nSPS) is 14.4. The molecule has 3 aromatic rings. The molecule has 0 aliphatic carbocycles. The number of benzene rings is 1. The summed E-state index contributed by atoms with van der Waals surface area (Å²) >= 11 is 0. The van der Waals surface area contributed by atoms with Crippen LogP contribution < -0.4 is 5.32 Å². The van der Waals surface area contributed by atoms with Crippen LogP contribution in [0.3, 0.4) is 0 Å². The summed E-state index contributed by atoms with van der Waals surface area (Å²) < 4.78 is 66.9. The Labute approximate surface area is 221 Å². The van der Waals surface area contributed by atoms with E-state index in [4.69, 9.17) is 0 Å². The number of nitrogens with zero attached hydrogens (tertiary/aromatic N) is 4. The molecule has 206 valence electrons. The van der Waals surface area contributed by atoms with Gasteiger partial charge in [-0.05, 0) is 51.0 Å². The highest BCUT2D eigenvalue weighted by Gasteiger charge is 2.33. The van der Waals surface area contributed by atoms with Crippen LogP contribution in [0.4, 0.5) is 22.0 Å². The van der Waals surface area contributed by atoms with Crippen LogP contribution >= 0.6 is 0 Å². The van der Waals surface area contributed by atoms with Crippen LogP contribution in [0, 0.1) is 25.5 Å². The van der Waals surface area contributed by atoms with Gasteiger partial charge in [0.25, 0.3) is 5.91 Å². The minimum absolute atomic E-state index is 0.0449. The van der Waals surface area contributed by atoms with E-state index in [9.17, 15) is 31.5 Å². The van der Waals surface area contributed by atoms with E-state index in [0.29, 0.717) is 43.1 Å². The Hall–Kier alpha value is -3.96. The molecule has 12 heteroatoms. The molecule has 0 spiro atoms. The first-order valence-corrected chi connectivity index (χ1v) is 12.3. The van der Waals surface area contributed by atoms with Crippen molar-refractivity contribution in [2.24, 2.45) is 0 Å². The summed E-state index contributed by atoms with van der Waals surface area (Å²) in [7, 11) is 0. The van der Waals surface area contributed by atoms with E-state index < -0.39 is 41.7 Å². The maximum absolute atomic E-state index is 14.0. The van der Waals surface area contributed by atoms with Crippen molar-refractivity contribution >= 4 is 11.8 Å². The first kappa shape index (κ1) is 28.1. The monoisotopic (exact) mass is 547 g/mol. The number of halogens is 5. The quantitative estimate of drug-likeness (QED) is 0.454. The third-order valence-corrected chi connectivity index (χ3v) is 6.61. The van der Waals surface area contributed by atoms with Crippen molar-refractivity contribution in [3.05, 3.63) is 87.8 Å². The SMILES string of the molecule is Cc1nc(C)c(C(=O)NCc2cccc(C(F)(F)F)n2)c(C2CCN(C(=O)Cc3c(F)cccc3F)CC2)n1. The Morgan fingerprint density at radius 2 is 1.62 bits per heavy atom. The van der Waals surface area contributed by atoms with Crippen molar-refractivity contribution in [2.75, 3.05) is 13.1 Å². The van der Waals surface area contributed by atoms with Crippen LogP contribution in [0.25, 0.3) is 0 Å². The number of rotatable bonds is 6. The Morgan fingerprint density at radius 3 is 2.26 bits per heavy atom. The van der Waals surface area contributed by atoms with Gasteiger partial charge in [-0.15, -0.1) is 0 Å². The predicted molar refractivity (Wildman–Crippen MR) is 131 cm³/mol. The summed E-state index contributed by atoms with van der Waals surface area (Å²) in [5.41, 5.74) is -0.152. The second-order valence-corrected chi connectivity index (χ2v) is 9.34. The standard InChI is InChI=1S/C27H26F5N5O2/c1-15-24(26(39)33-14-18-5-3-8-22(36-18)27(30,31)32)25(35-16(2)34-15)17-9-11-37(12-10-17)23(38)13-19-20(28)6-4-7-21(19)29/h3-8,17H,9-14H2,1-2H3,(H,33,39). The Balaban J connectivity index is 1.45. The summed E-state index contributed by atoms with van der Waals surface area (Å²) in [4.78, 5) is 39.8. The van der Waals surface area contributed by atoms with Crippen molar-refractivity contribution < 1.29 is 31.5 Å². The molecule has 2 amide bonds. The fraction of sp³-hybridized carbons (Fsp3) is 0.370. The van der Waals surface area contributed by atoms with Gasteiger partial charge in [-0.2, -0.15) is 13.2 Å². The maximum Gasteiger partial charge on any atom is 0.433 e. The van der Waals surface area contributed by atoms with Crippen LogP contribution in [0.5, 0.6) is 0 Å². The largest absolute Gasteiger partial charge is 0.433 e. The van der Waals surface area contributed by atoms with E-state index >= 15 is 0 Å². The topological polar surface area (TPSA) is 88.1 Å². The molecule has 2 aromatic heterocycles. The summed E-state index contributed by atoms with van der Waals surface area (Å²) in [5.74, 6) is -2.25. The molecule has 39 heavy (non-hydrogen) atoms. The number of nitrogens with one attached hydrogen (secondary N) is 1. The van der Waals surface area contributed by atoms with Gasteiger partial charge in [0.15, 0.2) is 0 Å². The highest BCUT2D eigenvalue weighted by atomic mass is 19.4. The summed E-state index contributed by atoms with van der Waals surface area (Å²) in [5, 5.41) is 2.61. The molecule has 0 saturated carbocycles. The molecule has 3 heterocycles. The highest BCUT2D eigenvalue weighted by molar-refractivity contribution is 5.96. The minimum Gasteiger partial charge on any atom is -0.346 e. The third kappa shape index (κ3) is 6.55. The van der Waals surface area contributed by atoms with Gasteiger partial charge in [0.05, 0.1) is 35.6 Å². The first-order valence-electron chi connectivity index (χ1n) is 12.3. The van der Waals surface area contributed by atoms with E-state index in [1.54, 1.807) is 13.8 Å². The fourth-order valence-corrected chi connectivity index (χ4v) is 4.68. The molecule has 0 atom stereocenters. The second-order valence-electron chi connectivity index (χ2n) is 9.34. The molecular weight excluding hydrogens is 521 g/mol. The van der Waals surface area contributed by atoms with Crippen molar-refractivity contribution in [1.82, 2.24) is 25.2 Å². The third-order valence-electron chi connectivity index (χ3n) is 6.61. The molecule has 0 radical (unpaired) electrons. The van der Waals surface area contributed by atoms with E-state index in [2.05, 4.69) is 20.3 Å². The van der Waals surface area contributed by atoms with Crippen molar-refractivity contribution in [1.29, 1.82) is 0 Å². The number of piperidine rings is 1. The number of hydrogen-bond donors (Lipinski definition) is 1. The van der Waals surface area contributed by atoms with Crippen molar-refractivity contribution in [2.45, 2.75) is 51.7 Å². The molecule has 7 nitrogen and oxygen atoms in total. The Kier molecular flexibility index (Phi) is 8.22. The zero-order chi connectivity index (χ0) is 28.3. The summed E-state index contributed by atoms with van der Waals surface area (Å²) in [6.07, 6.45) is -4.09. The van der Waals surface area contributed by atoms with Gasteiger partial charge in [0.1, 0.15) is 23.2 Å². The van der Waals surface area contributed by atoms with Crippen LogP contribution in [0.2, 0.25) is 0 Å². The molecule has 1 N–H and O–H groups in total. The number of likely N-dealkylation sites (tertiary alicyclic amines) is 1. The molecule has 4 rings (SSSR count). The van der Waals surface area contributed by atoms with Gasteiger partial charge in [-0.1, -0.05) is 12.1 Å². The van der Waals surface area contributed by atoms with Crippen LogP contribution in [0.1, 0.15) is 63.3 Å². The maximum atomic E-state index is 14.0. The Bertz CT molecular complexity index is 1370. The fourth-order valence-electron chi connectivity index (χ4n) is 4.68. The number of pyridine rings is 1. The highest BCUT2D eigenvalue weighted by Crippen LogP contribution is 2.31. The second kappa shape index (κ2) is 11.4. The number of aromatic nitrogens is 3. The number of amides is 2. The number of alkyl halides is 3. The first-order chi connectivity index (χ1) is 18.4. The lowest BCUT2D eigenvalue weighted by atomic mass is 9.89. The van der Waals surface area contributed by atoms with Gasteiger partial charge in [-0.3, -0.25) is 9.59 Å². The lowest BCUT2D eigenvalue weighted by molar-refractivity contribution is -0.141. The molecule has 1 aliphatic rings. The zero-order valence-electron chi connectivity index (χ0n) is 21.3. The lowest BCUT2D eigenvalue weighted by Crippen LogP contribution is -2.39. The predicted octanol–water partition coefficient (Wildman–Crippen LogP) is 4.66. The minimum atomic E-state index is -4.60. The number of hydrogen-bond acceptors (Lipinski definition) is 5. The van der Waals surface area contributed by atoms with Crippen LogP contribution in [-0.4, -0.2) is 44.8 Å². The molecule has 1 fully saturated rings. The lowest BCUT2D eigenvalue weighted by Gasteiger charge is -2.32. The zero-order valence-corrected chi connectivity index (χ0v) is 21.3. The molecule has 0 bridgehead atoms. The summed E-state index contributed by atoms with van der Waals surface area (Å²) in [6.45, 7) is 3.71. The average Bonchev–Trinajstić information content (AvgIpc) is 2.88. The summed E-state index contributed by atoms with van der Waals surface area (Å²) in [6, 6.07) is 6.90. The van der Waals surface area contributed by atoms with Gasteiger partial charge >= 0.3 is 6.18 Å². The average molecular weight is 548 g/mol. The van der Waals surface area contributed by atoms with Crippen molar-refractivity contribution in [3.63, 3.8) is 0 Å². The van der Waals surface area contributed by atoms with Crippen LogP contribution in [-0.2, 0) is 23.9 Å². The molecular formula is C27H26F5N5O2. The number of carbonyl (C=O) groups is 2. The van der Waals surface area contributed by atoms with Crippen molar-refractivity contribution in [3.8, 4) is 0 Å². The van der Waals surface area contributed by atoms with Gasteiger partial charge < -0.3 is 10.2 Å². The van der Waals surface area contributed by atoms with E-state index in [1.807, 2.05) is 0 Å². The van der Waals surface area contributed by atoms with Gasteiger partial charge in [0, 0.05) is 24.6 Å². The van der Waals surface area contributed by atoms with E-state index in [1.165, 1.54) is 23.1 Å². The van der Waals surface area contributed by atoms with E-state index in [0.717, 1.165) is 18.2 Å². The Morgan fingerprint density at radius 1 is 0.974 bits per heavy atom. The molecule has 1 aromatic carbocycles. The number of carbonyl (C=O) groups excluding carboxylic acids is 2. The molecule has 0 unspecified atom stereocenters. The number of aryl methyl sites for hydroxylation is 2. The van der Waals surface area contributed by atoms with Crippen LogP contribution in [0.15, 0.2) is 36.4 Å². The molecule has 1 aliphatic heterocycles. The molecule has 1 saturated heterocycles.